The highest BCUT2D eigenvalue weighted by Gasteiger charge is 2.25. The molecule has 1 aliphatic heterocycles. The Morgan fingerprint density at radius 3 is 2.72 bits per heavy atom. The Morgan fingerprint density at radius 1 is 1.24 bits per heavy atom. The zero-order valence-corrected chi connectivity index (χ0v) is 14.2. The highest BCUT2D eigenvalue weighted by Crippen LogP contribution is 2.22. The van der Waals surface area contributed by atoms with Gasteiger partial charge in [-0.2, -0.15) is 5.10 Å². The molecule has 2 aromatic rings. The predicted molar refractivity (Wildman–Crippen MR) is 93.3 cm³/mol. The van der Waals surface area contributed by atoms with Gasteiger partial charge in [-0.05, 0) is 48.9 Å². The molecule has 6 nitrogen and oxygen atoms in total. The lowest BCUT2D eigenvalue weighted by molar-refractivity contribution is -0.130. The van der Waals surface area contributed by atoms with Crippen LogP contribution in [0.2, 0.25) is 0 Å². The Hall–Kier alpha value is -2.63. The van der Waals surface area contributed by atoms with Crippen molar-refractivity contribution in [2.75, 3.05) is 13.1 Å². The second-order valence-electron chi connectivity index (χ2n) is 6.57. The molecule has 25 heavy (non-hydrogen) atoms. The van der Waals surface area contributed by atoms with Crippen LogP contribution < -0.4 is 0 Å². The molecule has 0 radical (unpaired) electrons. The number of nitrogens with zero attached hydrogens (tertiary/aromatic N) is 3. The van der Waals surface area contributed by atoms with Crippen LogP contribution in [0.15, 0.2) is 42.7 Å². The average Bonchev–Trinajstić information content (AvgIpc) is 3.27. The number of likely N-dealkylation sites (tertiary alicyclic amines) is 1. The molecule has 1 saturated heterocycles. The molecule has 6 heteroatoms. The lowest BCUT2D eigenvalue weighted by Gasteiger charge is -2.16. The van der Waals surface area contributed by atoms with Crippen LogP contribution in [0, 0.1) is 5.92 Å². The highest BCUT2D eigenvalue weighted by atomic mass is 16.4. The van der Waals surface area contributed by atoms with Crippen molar-refractivity contribution in [3.8, 4) is 0 Å². The fraction of sp³-hybridized carbons (Fsp3) is 0.421. The monoisotopic (exact) mass is 341 g/mol. The van der Waals surface area contributed by atoms with Gasteiger partial charge in [0.2, 0.25) is 5.91 Å². The summed E-state index contributed by atoms with van der Waals surface area (Å²) in [5.74, 6) is -0.235. The van der Waals surface area contributed by atoms with Crippen molar-refractivity contribution in [1.82, 2.24) is 14.7 Å². The summed E-state index contributed by atoms with van der Waals surface area (Å²) in [6, 6.07) is 8.92. The number of aromatic nitrogens is 2. The van der Waals surface area contributed by atoms with Crippen LogP contribution in [0.5, 0.6) is 0 Å². The van der Waals surface area contributed by atoms with Crippen molar-refractivity contribution in [2.45, 2.75) is 32.2 Å². The minimum absolute atomic E-state index is 0.218. The molecule has 0 spiro atoms. The minimum atomic E-state index is -0.903. The Labute approximate surface area is 147 Å². The van der Waals surface area contributed by atoms with Crippen molar-refractivity contribution in [3.63, 3.8) is 0 Å². The Kier molecular flexibility index (Phi) is 5.48. The SMILES string of the molecule is O=C(O)c1ccc(CC2CCN(C(=O)CCCn3cccn3)C2)cc1. The molecule has 132 valence electrons. The fourth-order valence-corrected chi connectivity index (χ4v) is 3.33. The predicted octanol–water partition coefficient (Wildman–Crippen LogP) is 2.45. The number of benzene rings is 1. The smallest absolute Gasteiger partial charge is 0.335 e. The number of aryl methyl sites for hydroxylation is 1. The summed E-state index contributed by atoms with van der Waals surface area (Å²) in [5.41, 5.74) is 1.44. The summed E-state index contributed by atoms with van der Waals surface area (Å²) in [5, 5.41) is 13.1. The van der Waals surface area contributed by atoms with Crippen LogP contribution in [-0.2, 0) is 17.8 Å². The quantitative estimate of drug-likeness (QED) is 0.839. The molecule has 1 atom stereocenters. The Balaban J connectivity index is 1.43. The van der Waals surface area contributed by atoms with E-state index in [9.17, 15) is 9.59 Å². The molecule has 1 N–H and O–H groups in total. The summed E-state index contributed by atoms with van der Waals surface area (Å²) < 4.78 is 1.85. The first kappa shape index (κ1) is 17.2. The van der Waals surface area contributed by atoms with Gasteiger partial charge < -0.3 is 10.0 Å². The lowest BCUT2D eigenvalue weighted by Crippen LogP contribution is -2.28. The van der Waals surface area contributed by atoms with Gasteiger partial charge in [-0.25, -0.2) is 4.79 Å². The summed E-state index contributed by atoms with van der Waals surface area (Å²) in [6.07, 6.45) is 6.91. The molecular weight excluding hydrogens is 318 g/mol. The zero-order valence-electron chi connectivity index (χ0n) is 14.2. The molecule has 0 saturated carbocycles. The first-order valence-electron chi connectivity index (χ1n) is 8.69. The number of carbonyl (C=O) groups excluding carboxylic acids is 1. The van der Waals surface area contributed by atoms with Crippen LogP contribution in [0.1, 0.15) is 35.2 Å². The number of carboxylic acid groups (broad SMARTS) is 1. The Bertz CT molecular complexity index is 710. The van der Waals surface area contributed by atoms with E-state index >= 15 is 0 Å². The van der Waals surface area contributed by atoms with Crippen LogP contribution in [0.25, 0.3) is 0 Å². The third kappa shape index (κ3) is 4.68. The minimum Gasteiger partial charge on any atom is -0.478 e. The van der Waals surface area contributed by atoms with Crippen molar-refractivity contribution in [3.05, 3.63) is 53.9 Å². The van der Waals surface area contributed by atoms with Crippen molar-refractivity contribution in [1.29, 1.82) is 0 Å². The molecule has 3 rings (SSSR count). The van der Waals surface area contributed by atoms with E-state index in [0.717, 1.165) is 44.5 Å². The largest absolute Gasteiger partial charge is 0.478 e. The van der Waals surface area contributed by atoms with E-state index in [0.29, 0.717) is 17.9 Å². The number of carboxylic acids is 1. The van der Waals surface area contributed by atoms with Crippen LogP contribution in [-0.4, -0.2) is 44.8 Å². The normalized spacial score (nSPS) is 17.0. The maximum Gasteiger partial charge on any atom is 0.335 e. The van der Waals surface area contributed by atoms with Gasteiger partial charge in [0, 0.05) is 38.4 Å². The number of aromatic carboxylic acids is 1. The molecule has 1 aromatic carbocycles. The average molecular weight is 341 g/mol. The van der Waals surface area contributed by atoms with Crippen LogP contribution in [0.3, 0.4) is 0 Å². The van der Waals surface area contributed by atoms with E-state index < -0.39 is 5.97 Å². The van der Waals surface area contributed by atoms with E-state index in [2.05, 4.69) is 5.10 Å². The summed E-state index contributed by atoms with van der Waals surface area (Å²) >= 11 is 0. The molecule has 1 aromatic heterocycles. The third-order valence-corrected chi connectivity index (χ3v) is 4.70. The number of carbonyl (C=O) groups is 2. The van der Waals surface area contributed by atoms with E-state index in [-0.39, 0.29) is 5.91 Å². The third-order valence-electron chi connectivity index (χ3n) is 4.70. The van der Waals surface area contributed by atoms with E-state index in [1.165, 1.54) is 0 Å². The molecule has 1 aliphatic rings. The number of amides is 1. The fourth-order valence-electron chi connectivity index (χ4n) is 3.33. The first-order valence-corrected chi connectivity index (χ1v) is 8.69. The maximum atomic E-state index is 12.3. The topological polar surface area (TPSA) is 75.4 Å². The number of hydrogen-bond donors (Lipinski definition) is 1. The second-order valence-corrected chi connectivity index (χ2v) is 6.57. The molecule has 0 aliphatic carbocycles. The van der Waals surface area contributed by atoms with Gasteiger partial charge in [0.25, 0.3) is 0 Å². The highest BCUT2D eigenvalue weighted by molar-refractivity contribution is 5.87. The summed E-state index contributed by atoms with van der Waals surface area (Å²) in [7, 11) is 0. The molecule has 2 heterocycles. The summed E-state index contributed by atoms with van der Waals surface area (Å²) in [6.45, 7) is 2.38. The molecular formula is C19H23N3O3. The Morgan fingerprint density at radius 2 is 2.04 bits per heavy atom. The first-order chi connectivity index (χ1) is 12.1. The van der Waals surface area contributed by atoms with Crippen molar-refractivity contribution in [2.24, 2.45) is 5.92 Å². The van der Waals surface area contributed by atoms with Gasteiger partial charge in [-0.1, -0.05) is 12.1 Å². The van der Waals surface area contributed by atoms with E-state index in [1.807, 2.05) is 34.0 Å². The van der Waals surface area contributed by atoms with Gasteiger partial charge in [-0.15, -0.1) is 0 Å². The molecule has 1 fully saturated rings. The molecule has 0 bridgehead atoms. The van der Waals surface area contributed by atoms with Gasteiger partial charge >= 0.3 is 5.97 Å². The van der Waals surface area contributed by atoms with E-state index in [1.54, 1.807) is 18.3 Å². The molecule has 1 amide bonds. The van der Waals surface area contributed by atoms with Crippen LogP contribution in [0.4, 0.5) is 0 Å². The van der Waals surface area contributed by atoms with Gasteiger partial charge in [-0.3, -0.25) is 9.48 Å². The zero-order chi connectivity index (χ0) is 17.6. The van der Waals surface area contributed by atoms with Gasteiger partial charge in [0.1, 0.15) is 0 Å². The van der Waals surface area contributed by atoms with E-state index in [4.69, 9.17) is 5.11 Å². The number of hydrogen-bond acceptors (Lipinski definition) is 3. The van der Waals surface area contributed by atoms with Crippen molar-refractivity contribution >= 4 is 11.9 Å². The lowest BCUT2D eigenvalue weighted by atomic mass is 9.98. The standard InChI is InChI=1S/C19H23N3O3/c23-18(3-1-10-22-11-2-9-20-22)21-12-8-16(14-21)13-15-4-6-17(7-5-15)19(24)25/h2,4-7,9,11,16H,1,3,8,10,12-14H2,(H,24,25). The number of rotatable bonds is 7. The maximum absolute atomic E-state index is 12.3. The van der Waals surface area contributed by atoms with Crippen molar-refractivity contribution < 1.29 is 14.7 Å². The van der Waals surface area contributed by atoms with Gasteiger partial charge in [0.05, 0.1) is 5.56 Å². The second kappa shape index (κ2) is 7.96. The summed E-state index contributed by atoms with van der Waals surface area (Å²) in [4.78, 5) is 25.2. The molecule has 1 unspecified atom stereocenters. The van der Waals surface area contributed by atoms with Crippen LogP contribution >= 0.6 is 0 Å². The van der Waals surface area contributed by atoms with Gasteiger partial charge in [0.15, 0.2) is 0 Å².